The van der Waals surface area contributed by atoms with Crippen molar-refractivity contribution in [1.82, 2.24) is 0 Å². The predicted molar refractivity (Wildman–Crippen MR) is 123 cm³/mol. The highest BCUT2D eigenvalue weighted by Gasteiger charge is 2.58. The number of ether oxygens (including phenoxy) is 2. The average Bonchev–Trinajstić information content (AvgIpc) is 3.08. The zero-order valence-corrected chi connectivity index (χ0v) is 19.1. The van der Waals surface area contributed by atoms with Gasteiger partial charge in [-0.05, 0) is 90.0 Å². The molecule has 3 aliphatic rings. The molecule has 2 aromatic rings. The van der Waals surface area contributed by atoms with E-state index in [9.17, 15) is 9.90 Å². The van der Waals surface area contributed by atoms with E-state index >= 15 is 0 Å². The molecule has 1 N–H and O–H groups in total. The molecule has 0 aromatic heterocycles. The first kappa shape index (κ1) is 21.5. The van der Waals surface area contributed by atoms with E-state index in [2.05, 4.69) is 37.3 Å². The van der Waals surface area contributed by atoms with E-state index in [4.69, 9.17) is 9.47 Å². The topological polar surface area (TPSA) is 55.8 Å². The number of fused-ring (bicyclic) bond motifs is 5. The van der Waals surface area contributed by atoms with E-state index in [0.29, 0.717) is 30.8 Å². The molecule has 0 saturated heterocycles. The van der Waals surface area contributed by atoms with Gasteiger partial charge in [0.2, 0.25) is 0 Å². The Morgan fingerprint density at radius 3 is 2.75 bits per heavy atom. The molecule has 0 heterocycles. The molecule has 2 saturated carbocycles. The van der Waals surface area contributed by atoms with Gasteiger partial charge in [-0.25, -0.2) is 0 Å². The summed E-state index contributed by atoms with van der Waals surface area (Å²) in [5, 5.41) is 11.1. The Bertz CT molecular complexity index is 971. The summed E-state index contributed by atoms with van der Waals surface area (Å²) in [6.07, 6.45) is 5.19. The van der Waals surface area contributed by atoms with Crippen LogP contribution in [0.25, 0.3) is 0 Å². The molecule has 2 aromatic carbocycles. The monoisotopic (exact) mass is 434 g/mol. The van der Waals surface area contributed by atoms with Gasteiger partial charge in [0.15, 0.2) is 0 Å². The van der Waals surface area contributed by atoms with Crippen molar-refractivity contribution in [3.63, 3.8) is 0 Å². The standard InChI is InChI=1S/C28H34O4/c1-28-13-12-23-22-11-9-21(32-17-18-6-4-3-5-7-18)14-19(22)8-10-24(23)25(28)15-20(27(28)30)16-26(29)31-2/h3-7,9,11,14,20,23-25,27,30H,8,10,12-13,15-17H2,1-2H3/t20-,23+,24+,25-,27-,28-/m0/s1. The molecule has 0 bridgehead atoms. The third-order valence-corrected chi connectivity index (χ3v) is 8.72. The van der Waals surface area contributed by atoms with Crippen LogP contribution in [0.2, 0.25) is 0 Å². The lowest BCUT2D eigenvalue weighted by atomic mass is 9.55. The quantitative estimate of drug-likeness (QED) is 0.651. The molecule has 0 spiro atoms. The minimum Gasteiger partial charge on any atom is -0.489 e. The normalized spacial score (nSPS) is 33.0. The van der Waals surface area contributed by atoms with Crippen molar-refractivity contribution in [3.05, 3.63) is 65.2 Å². The SMILES string of the molecule is COC(=O)C[C@@H]1C[C@H]2[C@@H]3CCc4cc(OCc5ccccc5)ccc4[C@H]3CC[C@]2(C)[C@H]1O. The van der Waals surface area contributed by atoms with Gasteiger partial charge in [0.05, 0.1) is 19.6 Å². The van der Waals surface area contributed by atoms with E-state index in [1.807, 2.05) is 18.2 Å². The number of benzene rings is 2. The maximum absolute atomic E-state index is 11.9. The average molecular weight is 435 g/mol. The number of carbonyl (C=O) groups is 1. The van der Waals surface area contributed by atoms with Crippen LogP contribution in [0.15, 0.2) is 48.5 Å². The summed E-state index contributed by atoms with van der Waals surface area (Å²) in [5.74, 6) is 2.35. The van der Waals surface area contributed by atoms with E-state index in [0.717, 1.165) is 37.9 Å². The summed E-state index contributed by atoms with van der Waals surface area (Å²) in [7, 11) is 1.43. The van der Waals surface area contributed by atoms with Crippen LogP contribution in [0, 0.1) is 23.2 Å². The van der Waals surface area contributed by atoms with Crippen LogP contribution in [-0.2, 0) is 22.6 Å². The van der Waals surface area contributed by atoms with Crippen molar-refractivity contribution in [2.75, 3.05) is 7.11 Å². The first-order valence-corrected chi connectivity index (χ1v) is 12.0. The van der Waals surface area contributed by atoms with Crippen molar-refractivity contribution in [3.8, 4) is 5.75 Å². The van der Waals surface area contributed by atoms with Crippen LogP contribution >= 0.6 is 0 Å². The molecule has 2 fully saturated rings. The van der Waals surface area contributed by atoms with Crippen LogP contribution in [-0.4, -0.2) is 24.3 Å². The molecular weight excluding hydrogens is 400 g/mol. The van der Waals surface area contributed by atoms with Crippen molar-refractivity contribution >= 4 is 5.97 Å². The molecule has 170 valence electrons. The second-order valence-electron chi connectivity index (χ2n) is 10.3. The van der Waals surface area contributed by atoms with Crippen molar-refractivity contribution in [2.24, 2.45) is 23.2 Å². The minimum absolute atomic E-state index is 0.0198. The van der Waals surface area contributed by atoms with E-state index < -0.39 is 6.10 Å². The molecular formula is C28H34O4. The fraction of sp³-hybridized carbons (Fsp3) is 0.536. The number of aryl methyl sites for hydroxylation is 1. The van der Waals surface area contributed by atoms with E-state index in [1.165, 1.54) is 23.8 Å². The third kappa shape index (κ3) is 3.73. The van der Waals surface area contributed by atoms with E-state index in [1.54, 1.807) is 0 Å². The number of hydrogen-bond acceptors (Lipinski definition) is 4. The smallest absolute Gasteiger partial charge is 0.305 e. The Morgan fingerprint density at radius 2 is 1.97 bits per heavy atom. The molecule has 0 unspecified atom stereocenters. The Balaban J connectivity index is 1.32. The third-order valence-electron chi connectivity index (χ3n) is 8.72. The summed E-state index contributed by atoms with van der Waals surface area (Å²) in [5.41, 5.74) is 3.99. The largest absolute Gasteiger partial charge is 0.489 e. The highest BCUT2D eigenvalue weighted by molar-refractivity contribution is 5.69. The van der Waals surface area contributed by atoms with Crippen molar-refractivity contribution < 1.29 is 19.4 Å². The molecule has 4 heteroatoms. The Hall–Kier alpha value is -2.33. The van der Waals surface area contributed by atoms with Gasteiger partial charge in [-0.3, -0.25) is 4.79 Å². The van der Waals surface area contributed by atoms with Crippen molar-refractivity contribution in [1.29, 1.82) is 0 Å². The summed E-state index contributed by atoms with van der Waals surface area (Å²) < 4.78 is 11.0. The second-order valence-corrected chi connectivity index (χ2v) is 10.3. The highest BCUT2D eigenvalue weighted by atomic mass is 16.5. The zero-order valence-electron chi connectivity index (χ0n) is 19.1. The highest BCUT2D eigenvalue weighted by Crippen LogP contribution is 2.62. The van der Waals surface area contributed by atoms with Crippen LogP contribution < -0.4 is 4.74 Å². The first-order chi connectivity index (χ1) is 15.5. The van der Waals surface area contributed by atoms with Gasteiger partial charge in [-0.1, -0.05) is 43.3 Å². The summed E-state index contributed by atoms with van der Waals surface area (Å²) in [4.78, 5) is 11.9. The number of esters is 1. The molecule has 0 amide bonds. The van der Waals surface area contributed by atoms with Gasteiger partial charge >= 0.3 is 5.97 Å². The zero-order chi connectivity index (χ0) is 22.3. The maximum Gasteiger partial charge on any atom is 0.305 e. The predicted octanol–water partition coefficient (Wildman–Crippen LogP) is 5.27. The maximum atomic E-state index is 11.9. The van der Waals surface area contributed by atoms with Gasteiger partial charge in [-0.2, -0.15) is 0 Å². The van der Waals surface area contributed by atoms with Gasteiger partial charge in [0.25, 0.3) is 0 Å². The number of aliphatic hydroxyl groups is 1. The molecule has 4 nitrogen and oxygen atoms in total. The Kier molecular flexibility index (Phi) is 5.75. The number of carbonyl (C=O) groups excluding carboxylic acids is 1. The molecule has 5 rings (SSSR count). The minimum atomic E-state index is -0.414. The summed E-state index contributed by atoms with van der Waals surface area (Å²) in [6.45, 7) is 2.84. The van der Waals surface area contributed by atoms with Gasteiger partial charge in [0.1, 0.15) is 12.4 Å². The molecule has 0 radical (unpaired) electrons. The van der Waals surface area contributed by atoms with E-state index in [-0.39, 0.29) is 17.3 Å². The van der Waals surface area contributed by atoms with Crippen LogP contribution in [0.5, 0.6) is 5.75 Å². The number of hydrogen-bond donors (Lipinski definition) is 1. The summed E-state index contributed by atoms with van der Waals surface area (Å²) in [6, 6.07) is 16.9. The number of aliphatic hydroxyl groups excluding tert-OH is 1. The first-order valence-electron chi connectivity index (χ1n) is 12.0. The van der Waals surface area contributed by atoms with Crippen LogP contribution in [0.3, 0.4) is 0 Å². The lowest BCUT2D eigenvalue weighted by Gasteiger charge is -2.50. The fourth-order valence-corrected chi connectivity index (χ4v) is 7.03. The Labute approximate surface area is 190 Å². The van der Waals surface area contributed by atoms with Gasteiger partial charge in [0, 0.05) is 0 Å². The lowest BCUT2D eigenvalue weighted by molar-refractivity contribution is -0.143. The summed E-state index contributed by atoms with van der Waals surface area (Å²) >= 11 is 0. The van der Waals surface area contributed by atoms with Gasteiger partial charge in [-0.15, -0.1) is 0 Å². The molecule has 3 aliphatic carbocycles. The number of rotatable bonds is 5. The van der Waals surface area contributed by atoms with Gasteiger partial charge < -0.3 is 14.6 Å². The van der Waals surface area contributed by atoms with Crippen molar-refractivity contribution in [2.45, 2.75) is 64.1 Å². The Morgan fingerprint density at radius 1 is 1.16 bits per heavy atom. The molecule has 0 aliphatic heterocycles. The molecule has 32 heavy (non-hydrogen) atoms. The lowest BCUT2D eigenvalue weighted by Crippen LogP contribution is -2.44. The van der Waals surface area contributed by atoms with Crippen LogP contribution in [0.1, 0.15) is 61.6 Å². The van der Waals surface area contributed by atoms with Crippen LogP contribution in [0.4, 0.5) is 0 Å². The number of methoxy groups -OCH3 is 1. The second kappa shape index (κ2) is 8.55. The fourth-order valence-electron chi connectivity index (χ4n) is 7.03. The molecule has 6 atom stereocenters.